The monoisotopic (exact) mass is 464 g/mol. The van der Waals surface area contributed by atoms with Crippen LogP contribution in [0.2, 0.25) is 0 Å². The molecular weight excluding hydrogens is 436 g/mol. The Kier molecular flexibility index (Phi) is 8.01. The van der Waals surface area contributed by atoms with Crippen LogP contribution in [0, 0.1) is 0 Å². The van der Waals surface area contributed by atoms with Crippen LogP contribution in [0.3, 0.4) is 0 Å². The quantitative estimate of drug-likeness (QED) is 0.268. The van der Waals surface area contributed by atoms with Crippen molar-refractivity contribution in [2.75, 3.05) is 11.5 Å². The molecule has 0 amide bonds. The Hall–Kier alpha value is -2.58. The predicted octanol–water partition coefficient (Wildman–Crippen LogP) is 5.64. The highest BCUT2D eigenvalue weighted by Crippen LogP contribution is 2.25. The number of para-hydroxylation sites is 2. The zero-order valence-corrected chi connectivity index (χ0v) is 20.1. The van der Waals surface area contributed by atoms with Gasteiger partial charge in [0.15, 0.2) is 10.3 Å². The first-order chi connectivity index (χ1) is 15.8. The van der Waals surface area contributed by atoms with Gasteiger partial charge in [-0.2, -0.15) is 0 Å². The average molecular weight is 465 g/mol. The van der Waals surface area contributed by atoms with Crippen LogP contribution in [0.4, 0.5) is 0 Å². The summed E-state index contributed by atoms with van der Waals surface area (Å²) >= 11 is 3.50. The van der Waals surface area contributed by atoms with E-state index in [0.717, 1.165) is 70.5 Å². The van der Waals surface area contributed by atoms with E-state index in [4.69, 9.17) is 0 Å². The molecule has 166 valence electrons. The molecule has 0 aliphatic rings. The van der Waals surface area contributed by atoms with Gasteiger partial charge in [0.25, 0.3) is 0 Å². The summed E-state index contributed by atoms with van der Waals surface area (Å²) in [5, 5.41) is 20.0. The van der Waals surface area contributed by atoms with Crippen molar-refractivity contribution in [3.63, 3.8) is 0 Å². The van der Waals surface area contributed by atoms with E-state index < -0.39 is 0 Å². The van der Waals surface area contributed by atoms with Crippen molar-refractivity contribution in [2.45, 2.75) is 49.8 Å². The van der Waals surface area contributed by atoms with Gasteiger partial charge in [0.2, 0.25) is 0 Å². The van der Waals surface area contributed by atoms with Crippen LogP contribution in [0.1, 0.15) is 38.3 Å². The summed E-state index contributed by atoms with van der Waals surface area (Å²) in [6.45, 7) is 4.36. The lowest BCUT2D eigenvalue weighted by molar-refractivity contribution is 0.745. The first-order valence-electron chi connectivity index (χ1n) is 11.1. The number of hydrogen-bond acceptors (Lipinski definition) is 6. The van der Waals surface area contributed by atoms with Gasteiger partial charge in [-0.25, -0.2) is 0 Å². The van der Waals surface area contributed by atoms with E-state index in [1.807, 2.05) is 12.1 Å². The van der Waals surface area contributed by atoms with Crippen molar-refractivity contribution >= 4 is 23.5 Å². The summed E-state index contributed by atoms with van der Waals surface area (Å²) in [6.07, 6.45) is 3.66. The molecule has 4 aromatic rings. The van der Waals surface area contributed by atoms with Gasteiger partial charge in [-0.15, -0.1) is 20.4 Å². The number of benzene rings is 2. The van der Waals surface area contributed by atoms with Gasteiger partial charge < -0.3 is 0 Å². The van der Waals surface area contributed by atoms with Gasteiger partial charge >= 0.3 is 0 Å². The molecular formula is C24H28N6S2. The average Bonchev–Trinajstić information content (AvgIpc) is 3.44. The zero-order chi connectivity index (χ0) is 22.2. The number of hydrogen-bond donors (Lipinski definition) is 0. The number of nitrogens with zero attached hydrogens (tertiary/aromatic N) is 6. The van der Waals surface area contributed by atoms with E-state index in [-0.39, 0.29) is 0 Å². The second-order valence-corrected chi connectivity index (χ2v) is 9.46. The van der Waals surface area contributed by atoms with Gasteiger partial charge in [0, 0.05) is 35.7 Å². The van der Waals surface area contributed by atoms with Crippen molar-refractivity contribution in [3.8, 4) is 11.4 Å². The summed E-state index contributed by atoms with van der Waals surface area (Å²) in [5.74, 6) is 3.93. The minimum absolute atomic E-state index is 0.734. The van der Waals surface area contributed by atoms with E-state index in [9.17, 15) is 0 Å². The van der Waals surface area contributed by atoms with Crippen LogP contribution in [0.25, 0.3) is 11.4 Å². The summed E-state index contributed by atoms with van der Waals surface area (Å²) in [5.41, 5.74) is 2.18. The predicted molar refractivity (Wildman–Crippen MR) is 132 cm³/mol. The summed E-state index contributed by atoms with van der Waals surface area (Å²) in [4.78, 5) is 0. The molecule has 0 bridgehead atoms. The van der Waals surface area contributed by atoms with Crippen molar-refractivity contribution in [3.05, 3.63) is 72.3 Å². The molecule has 0 fully saturated rings. The molecule has 8 heteroatoms. The van der Waals surface area contributed by atoms with Crippen LogP contribution in [-0.4, -0.2) is 41.0 Å². The zero-order valence-electron chi connectivity index (χ0n) is 18.5. The second kappa shape index (κ2) is 11.3. The van der Waals surface area contributed by atoms with Gasteiger partial charge in [-0.3, -0.25) is 9.13 Å². The molecule has 6 nitrogen and oxygen atoms in total. The molecule has 0 atom stereocenters. The van der Waals surface area contributed by atoms with Crippen LogP contribution >= 0.6 is 23.5 Å². The third-order valence-electron chi connectivity index (χ3n) is 4.87. The van der Waals surface area contributed by atoms with E-state index in [2.05, 4.69) is 91.9 Å². The Bertz CT molecular complexity index is 1020. The third kappa shape index (κ3) is 5.24. The van der Waals surface area contributed by atoms with Crippen molar-refractivity contribution in [1.29, 1.82) is 0 Å². The van der Waals surface area contributed by atoms with Gasteiger partial charge in [-0.05, 0) is 37.1 Å². The normalized spacial score (nSPS) is 11.2. The molecule has 2 aromatic heterocycles. The lowest BCUT2D eigenvalue weighted by atomic mass is 10.2. The standard InChI is InChI=1S/C24H28N6S2/c1-3-17-31-23-27-25-21(29(23)19-11-7-5-8-12-19)15-16-22-26-28-24(32-18-4-2)30(22)20-13-9-6-10-14-20/h5-14H,3-4,15-18H2,1-2H3. The summed E-state index contributed by atoms with van der Waals surface area (Å²) in [6, 6.07) is 20.7. The fourth-order valence-corrected chi connectivity index (χ4v) is 5.04. The topological polar surface area (TPSA) is 61.4 Å². The number of rotatable bonds is 11. The first-order valence-corrected chi connectivity index (χ1v) is 13.0. The van der Waals surface area contributed by atoms with Gasteiger partial charge in [-0.1, -0.05) is 73.8 Å². The smallest absolute Gasteiger partial charge is 0.195 e. The molecule has 0 saturated heterocycles. The Balaban J connectivity index is 1.63. The molecule has 0 saturated carbocycles. The molecule has 0 N–H and O–H groups in total. The van der Waals surface area contributed by atoms with Gasteiger partial charge in [0.05, 0.1) is 0 Å². The van der Waals surface area contributed by atoms with E-state index in [1.165, 1.54) is 0 Å². The van der Waals surface area contributed by atoms with Crippen molar-refractivity contribution in [2.24, 2.45) is 0 Å². The fraction of sp³-hybridized carbons (Fsp3) is 0.333. The molecule has 0 aliphatic heterocycles. The molecule has 2 heterocycles. The Morgan fingerprint density at radius 1 is 0.594 bits per heavy atom. The maximum Gasteiger partial charge on any atom is 0.195 e. The Labute approximate surface area is 197 Å². The maximum absolute atomic E-state index is 4.55. The molecule has 0 unspecified atom stereocenters. The highest BCUT2D eigenvalue weighted by Gasteiger charge is 2.18. The first kappa shape index (κ1) is 22.6. The number of aromatic nitrogens is 6. The van der Waals surface area contributed by atoms with E-state index in [0.29, 0.717) is 0 Å². The highest BCUT2D eigenvalue weighted by molar-refractivity contribution is 7.99. The van der Waals surface area contributed by atoms with Crippen LogP contribution in [-0.2, 0) is 12.8 Å². The molecule has 0 radical (unpaired) electrons. The maximum atomic E-state index is 4.55. The SMILES string of the molecule is CCCSc1nnc(CCc2nnc(SCCC)n2-c2ccccc2)n1-c1ccccc1. The molecule has 0 aliphatic carbocycles. The van der Waals surface area contributed by atoms with Crippen LogP contribution < -0.4 is 0 Å². The second-order valence-electron chi connectivity index (χ2n) is 7.34. The largest absolute Gasteiger partial charge is 0.274 e. The van der Waals surface area contributed by atoms with Crippen LogP contribution in [0.15, 0.2) is 71.0 Å². The van der Waals surface area contributed by atoms with Crippen LogP contribution in [0.5, 0.6) is 0 Å². The summed E-state index contributed by atoms with van der Waals surface area (Å²) in [7, 11) is 0. The molecule has 32 heavy (non-hydrogen) atoms. The number of aryl methyl sites for hydroxylation is 2. The van der Waals surface area contributed by atoms with E-state index in [1.54, 1.807) is 23.5 Å². The number of thioether (sulfide) groups is 2. The van der Waals surface area contributed by atoms with Crippen molar-refractivity contribution < 1.29 is 0 Å². The highest BCUT2D eigenvalue weighted by atomic mass is 32.2. The lowest BCUT2D eigenvalue weighted by Gasteiger charge is -2.11. The lowest BCUT2D eigenvalue weighted by Crippen LogP contribution is -2.08. The minimum atomic E-state index is 0.734. The Morgan fingerprint density at radius 2 is 1.00 bits per heavy atom. The van der Waals surface area contributed by atoms with Gasteiger partial charge in [0.1, 0.15) is 11.6 Å². The third-order valence-corrected chi connectivity index (χ3v) is 7.14. The molecule has 0 spiro atoms. The molecule has 2 aromatic carbocycles. The summed E-state index contributed by atoms with van der Waals surface area (Å²) < 4.78 is 4.35. The van der Waals surface area contributed by atoms with Crippen molar-refractivity contribution in [1.82, 2.24) is 29.5 Å². The fourth-order valence-electron chi connectivity index (χ4n) is 3.39. The minimum Gasteiger partial charge on any atom is -0.274 e. The van der Waals surface area contributed by atoms with E-state index >= 15 is 0 Å². The molecule has 4 rings (SSSR count). The Morgan fingerprint density at radius 3 is 1.38 bits per heavy atom.